The van der Waals surface area contributed by atoms with Crippen LogP contribution in [0.1, 0.15) is 5.56 Å². The molecule has 2 aromatic rings. The minimum atomic E-state index is -0.215. The minimum absolute atomic E-state index is 0.215. The number of nitrogens with one attached hydrogen (secondary N) is 2. The van der Waals surface area contributed by atoms with Gasteiger partial charge in [0.1, 0.15) is 0 Å². The lowest BCUT2D eigenvalue weighted by molar-refractivity contribution is 0.252. The Morgan fingerprint density at radius 1 is 1.33 bits per heavy atom. The summed E-state index contributed by atoms with van der Waals surface area (Å²) >= 11 is 7.49. The number of urea groups is 1. The molecule has 0 bridgehead atoms. The van der Waals surface area contributed by atoms with Crippen LogP contribution in [0.2, 0.25) is 5.02 Å². The fraction of sp³-hybridized carbons (Fsp3) is 0.154. The zero-order valence-corrected chi connectivity index (χ0v) is 11.2. The van der Waals surface area contributed by atoms with Crippen molar-refractivity contribution >= 4 is 34.7 Å². The molecule has 2 amide bonds. The number of rotatable bonds is 4. The molecular formula is C13H13ClN2OS. The van der Waals surface area contributed by atoms with Gasteiger partial charge in [-0.2, -0.15) is 11.3 Å². The Labute approximate surface area is 115 Å². The summed E-state index contributed by atoms with van der Waals surface area (Å²) in [5.74, 6) is 0. The zero-order chi connectivity index (χ0) is 12.8. The van der Waals surface area contributed by atoms with Crippen molar-refractivity contribution < 1.29 is 4.79 Å². The molecule has 0 fully saturated rings. The zero-order valence-electron chi connectivity index (χ0n) is 9.65. The average molecular weight is 281 g/mol. The lowest BCUT2D eigenvalue weighted by Crippen LogP contribution is -2.30. The highest BCUT2D eigenvalue weighted by Gasteiger charge is 2.01. The number of carbonyl (C=O) groups excluding carboxylic acids is 1. The van der Waals surface area contributed by atoms with Gasteiger partial charge in [0.2, 0.25) is 0 Å². The van der Waals surface area contributed by atoms with Gasteiger partial charge < -0.3 is 10.6 Å². The molecule has 0 spiro atoms. The Kier molecular flexibility index (Phi) is 4.61. The van der Waals surface area contributed by atoms with Crippen LogP contribution >= 0.6 is 22.9 Å². The van der Waals surface area contributed by atoms with Gasteiger partial charge in [-0.15, -0.1) is 0 Å². The molecule has 1 aromatic carbocycles. The van der Waals surface area contributed by atoms with Crippen molar-refractivity contribution in [3.05, 3.63) is 51.7 Å². The van der Waals surface area contributed by atoms with Crippen LogP contribution in [0.5, 0.6) is 0 Å². The molecule has 0 aliphatic carbocycles. The van der Waals surface area contributed by atoms with E-state index < -0.39 is 0 Å². The second kappa shape index (κ2) is 6.42. The van der Waals surface area contributed by atoms with E-state index in [1.54, 1.807) is 35.6 Å². The SMILES string of the molecule is O=C(NCCc1ccsc1)Nc1cccc(Cl)c1. The molecule has 0 saturated carbocycles. The molecule has 18 heavy (non-hydrogen) atoms. The first-order valence-corrected chi connectivity index (χ1v) is 6.87. The molecule has 1 heterocycles. The highest BCUT2D eigenvalue weighted by Crippen LogP contribution is 2.14. The van der Waals surface area contributed by atoms with E-state index in [4.69, 9.17) is 11.6 Å². The molecule has 94 valence electrons. The first-order valence-electron chi connectivity index (χ1n) is 5.55. The number of anilines is 1. The molecule has 0 saturated heterocycles. The second-order valence-electron chi connectivity index (χ2n) is 3.77. The maximum atomic E-state index is 11.6. The summed E-state index contributed by atoms with van der Waals surface area (Å²) in [5, 5.41) is 10.2. The van der Waals surface area contributed by atoms with E-state index in [1.807, 2.05) is 5.38 Å². The van der Waals surface area contributed by atoms with Gasteiger partial charge in [0.25, 0.3) is 0 Å². The number of hydrogen-bond donors (Lipinski definition) is 2. The Bertz CT molecular complexity index is 513. The Morgan fingerprint density at radius 2 is 2.22 bits per heavy atom. The van der Waals surface area contributed by atoms with Gasteiger partial charge in [0.15, 0.2) is 0 Å². The fourth-order valence-electron chi connectivity index (χ4n) is 1.50. The molecule has 0 radical (unpaired) electrons. The average Bonchev–Trinajstić information content (AvgIpc) is 2.82. The van der Waals surface area contributed by atoms with Crippen molar-refractivity contribution in [1.82, 2.24) is 5.32 Å². The summed E-state index contributed by atoms with van der Waals surface area (Å²) in [6, 6.07) is 8.91. The van der Waals surface area contributed by atoms with Gasteiger partial charge in [-0.05, 0) is 47.0 Å². The van der Waals surface area contributed by atoms with Crippen LogP contribution in [0, 0.1) is 0 Å². The molecule has 0 aliphatic rings. The van der Waals surface area contributed by atoms with E-state index >= 15 is 0 Å². The van der Waals surface area contributed by atoms with Crippen LogP contribution < -0.4 is 10.6 Å². The maximum absolute atomic E-state index is 11.6. The number of carbonyl (C=O) groups is 1. The van der Waals surface area contributed by atoms with Gasteiger partial charge in [-0.1, -0.05) is 17.7 Å². The quantitative estimate of drug-likeness (QED) is 0.879. The number of benzene rings is 1. The molecule has 0 atom stereocenters. The van der Waals surface area contributed by atoms with E-state index in [0.717, 1.165) is 6.42 Å². The largest absolute Gasteiger partial charge is 0.338 e. The van der Waals surface area contributed by atoms with Gasteiger partial charge >= 0.3 is 6.03 Å². The van der Waals surface area contributed by atoms with Gasteiger partial charge in [0, 0.05) is 17.3 Å². The fourth-order valence-corrected chi connectivity index (χ4v) is 2.39. The van der Waals surface area contributed by atoms with E-state index in [2.05, 4.69) is 22.1 Å². The van der Waals surface area contributed by atoms with Crippen LogP contribution in [-0.4, -0.2) is 12.6 Å². The Balaban J connectivity index is 1.75. The topological polar surface area (TPSA) is 41.1 Å². The third-order valence-corrected chi connectivity index (χ3v) is 3.33. The van der Waals surface area contributed by atoms with Crippen molar-refractivity contribution in [3.8, 4) is 0 Å². The molecule has 2 rings (SSSR count). The highest BCUT2D eigenvalue weighted by atomic mass is 35.5. The molecular weight excluding hydrogens is 268 g/mol. The van der Waals surface area contributed by atoms with Gasteiger partial charge in [0.05, 0.1) is 0 Å². The van der Waals surface area contributed by atoms with Crippen LogP contribution in [-0.2, 0) is 6.42 Å². The molecule has 0 unspecified atom stereocenters. The van der Waals surface area contributed by atoms with Gasteiger partial charge in [-0.3, -0.25) is 0 Å². The van der Waals surface area contributed by atoms with Crippen LogP contribution in [0.4, 0.5) is 10.5 Å². The smallest absolute Gasteiger partial charge is 0.319 e. The van der Waals surface area contributed by atoms with Crippen molar-refractivity contribution in [1.29, 1.82) is 0 Å². The summed E-state index contributed by atoms with van der Waals surface area (Å²) in [4.78, 5) is 11.6. The summed E-state index contributed by atoms with van der Waals surface area (Å²) in [7, 11) is 0. The molecule has 5 heteroatoms. The number of halogens is 1. The standard InChI is InChI=1S/C13H13ClN2OS/c14-11-2-1-3-12(8-11)16-13(17)15-6-4-10-5-7-18-9-10/h1-3,5,7-9H,4,6H2,(H2,15,16,17). The number of hydrogen-bond acceptors (Lipinski definition) is 2. The monoisotopic (exact) mass is 280 g/mol. The summed E-state index contributed by atoms with van der Waals surface area (Å²) in [6.45, 7) is 0.614. The van der Waals surface area contributed by atoms with Crippen LogP contribution in [0.25, 0.3) is 0 Å². The number of thiophene rings is 1. The summed E-state index contributed by atoms with van der Waals surface area (Å²) < 4.78 is 0. The summed E-state index contributed by atoms with van der Waals surface area (Å²) in [6.07, 6.45) is 0.840. The summed E-state index contributed by atoms with van der Waals surface area (Å²) in [5.41, 5.74) is 1.93. The first-order chi connectivity index (χ1) is 8.74. The highest BCUT2D eigenvalue weighted by molar-refractivity contribution is 7.07. The third-order valence-electron chi connectivity index (χ3n) is 2.36. The minimum Gasteiger partial charge on any atom is -0.338 e. The predicted octanol–water partition coefficient (Wildman–Crippen LogP) is 3.77. The maximum Gasteiger partial charge on any atom is 0.319 e. The van der Waals surface area contributed by atoms with Crippen LogP contribution in [0.15, 0.2) is 41.1 Å². The van der Waals surface area contributed by atoms with Crippen molar-refractivity contribution in [2.45, 2.75) is 6.42 Å². The third kappa shape index (κ3) is 4.05. The van der Waals surface area contributed by atoms with E-state index in [1.165, 1.54) is 5.56 Å². The van der Waals surface area contributed by atoms with Crippen molar-refractivity contribution in [3.63, 3.8) is 0 Å². The van der Waals surface area contributed by atoms with Crippen molar-refractivity contribution in [2.24, 2.45) is 0 Å². The second-order valence-corrected chi connectivity index (χ2v) is 4.99. The molecule has 2 N–H and O–H groups in total. The first kappa shape index (κ1) is 12.9. The Morgan fingerprint density at radius 3 is 2.94 bits per heavy atom. The van der Waals surface area contributed by atoms with E-state index in [-0.39, 0.29) is 6.03 Å². The number of amides is 2. The van der Waals surface area contributed by atoms with Gasteiger partial charge in [-0.25, -0.2) is 4.79 Å². The molecule has 3 nitrogen and oxygen atoms in total. The predicted molar refractivity (Wildman–Crippen MR) is 76.5 cm³/mol. The Hall–Kier alpha value is -1.52. The van der Waals surface area contributed by atoms with E-state index in [0.29, 0.717) is 17.3 Å². The normalized spacial score (nSPS) is 10.1. The van der Waals surface area contributed by atoms with Crippen LogP contribution in [0.3, 0.4) is 0 Å². The van der Waals surface area contributed by atoms with Crippen molar-refractivity contribution in [2.75, 3.05) is 11.9 Å². The molecule has 0 aliphatic heterocycles. The lowest BCUT2D eigenvalue weighted by Gasteiger charge is -2.07. The van der Waals surface area contributed by atoms with E-state index in [9.17, 15) is 4.79 Å². The molecule has 1 aromatic heterocycles. The lowest BCUT2D eigenvalue weighted by atomic mass is 10.2.